The van der Waals surface area contributed by atoms with Crippen LogP contribution in [0.1, 0.15) is 12.0 Å². The zero-order valence-corrected chi connectivity index (χ0v) is 13.4. The van der Waals surface area contributed by atoms with Gasteiger partial charge in [0.25, 0.3) is 0 Å². The Kier molecular flexibility index (Phi) is 5.67. The predicted octanol–water partition coefficient (Wildman–Crippen LogP) is 3.66. The van der Waals surface area contributed by atoms with Crippen LogP contribution >= 0.6 is 12.2 Å². The Balaban J connectivity index is 1.90. The molecule has 2 aromatic carbocycles. The second kappa shape index (κ2) is 7.92. The number of rotatable bonds is 4. The number of benzene rings is 2. The van der Waals surface area contributed by atoms with Crippen LogP contribution in [0.25, 0.3) is 0 Å². The second-order valence-corrected chi connectivity index (χ2v) is 5.31. The van der Waals surface area contributed by atoms with Gasteiger partial charge in [-0.05, 0) is 55.5 Å². The van der Waals surface area contributed by atoms with Gasteiger partial charge in [0.1, 0.15) is 6.42 Å². The number of thiocarbonyl (C=S) groups is 1. The molecule has 0 heterocycles. The van der Waals surface area contributed by atoms with Gasteiger partial charge >= 0.3 is 0 Å². The van der Waals surface area contributed by atoms with Crippen molar-refractivity contribution in [1.82, 2.24) is 0 Å². The molecule has 0 fully saturated rings. The number of nitrogens with zero attached hydrogens (tertiary/aromatic N) is 1. The van der Waals surface area contributed by atoms with Gasteiger partial charge in [-0.25, -0.2) is 0 Å². The number of hydrogen-bond donors (Lipinski definition) is 3. The molecule has 1 amide bonds. The van der Waals surface area contributed by atoms with E-state index in [1.807, 2.05) is 31.2 Å². The first-order valence-electron chi connectivity index (χ1n) is 6.98. The Morgan fingerprint density at radius 3 is 1.87 bits per heavy atom. The fraction of sp³-hybridized carbons (Fsp3) is 0.118. The van der Waals surface area contributed by atoms with Crippen LogP contribution in [-0.2, 0) is 4.79 Å². The molecule has 3 N–H and O–H groups in total. The second-order valence-electron chi connectivity index (χ2n) is 4.91. The van der Waals surface area contributed by atoms with E-state index < -0.39 is 0 Å². The number of nitrogens with one attached hydrogen (secondary N) is 3. The summed E-state index contributed by atoms with van der Waals surface area (Å²) in [6.07, 6.45) is -0.162. The van der Waals surface area contributed by atoms with Crippen LogP contribution in [-0.4, -0.2) is 11.0 Å². The highest BCUT2D eigenvalue weighted by Gasteiger charge is 2.02. The lowest BCUT2D eigenvalue weighted by Crippen LogP contribution is -2.19. The molecule has 0 bridgehead atoms. The van der Waals surface area contributed by atoms with E-state index >= 15 is 0 Å². The third kappa shape index (κ3) is 5.41. The number of anilines is 3. The standard InChI is InChI=1S/C17H16N4OS/c1-12-2-4-14(5-3-12)20-17(23)21-15-8-6-13(7-9-15)19-16(22)10-11-18/h2-9H,10H2,1H3,(H,19,22)(H2,20,21,23). The summed E-state index contributed by atoms with van der Waals surface area (Å²) in [6, 6.07) is 16.8. The lowest BCUT2D eigenvalue weighted by Gasteiger charge is -2.11. The topological polar surface area (TPSA) is 76.9 Å². The third-order valence-corrected chi connectivity index (χ3v) is 3.18. The molecule has 2 aromatic rings. The van der Waals surface area contributed by atoms with Crippen molar-refractivity contribution >= 4 is 40.3 Å². The molecule has 0 spiro atoms. The molecule has 0 saturated heterocycles. The molecular weight excluding hydrogens is 308 g/mol. The molecule has 0 aliphatic rings. The van der Waals surface area contributed by atoms with Crippen LogP contribution in [0.2, 0.25) is 0 Å². The Morgan fingerprint density at radius 2 is 1.39 bits per heavy atom. The molecule has 2 rings (SSSR count). The lowest BCUT2D eigenvalue weighted by atomic mass is 10.2. The van der Waals surface area contributed by atoms with Crippen molar-refractivity contribution in [2.24, 2.45) is 0 Å². The average Bonchev–Trinajstić information content (AvgIpc) is 2.52. The van der Waals surface area contributed by atoms with Gasteiger partial charge in [-0.3, -0.25) is 4.79 Å². The van der Waals surface area contributed by atoms with Gasteiger partial charge in [0.2, 0.25) is 5.91 Å². The predicted molar refractivity (Wildman–Crippen MR) is 96.3 cm³/mol. The summed E-state index contributed by atoms with van der Waals surface area (Å²) in [4.78, 5) is 11.3. The maximum absolute atomic E-state index is 11.3. The number of carbonyl (C=O) groups excluding carboxylic acids is 1. The molecule has 0 unspecified atom stereocenters. The normalized spacial score (nSPS) is 9.57. The smallest absolute Gasteiger partial charge is 0.238 e. The van der Waals surface area contributed by atoms with E-state index in [1.165, 1.54) is 5.56 Å². The van der Waals surface area contributed by atoms with Gasteiger partial charge in [-0.15, -0.1) is 0 Å². The lowest BCUT2D eigenvalue weighted by molar-refractivity contribution is -0.115. The highest BCUT2D eigenvalue weighted by atomic mass is 32.1. The third-order valence-electron chi connectivity index (χ3n) is 2.98. The molecule has 5 nitrogen and oxygen atoms in total. The van der Waals surface area contributed by atoms with Gasteiger partial charge in [-0.1, -0.05) is 17.7 Å². The molecule has 116 valence electrons. The quantitative estimate of drug-likeness (QED) is 0.748. The van der Waals surface area contributed by atoms with Crippen molar-refractivity contribution in [2.45, 2.75) is 13.3 Å². The van der Waals surface area contributed by atoms with E-state index in [-0.39, 0.29) is 12.3 Å². The van der Waals surface area contributed by atoms with Gasteiger partial charge in [0, 0.05) is 17.1 Å². The minimum atomic E-state index is -0.329. The van der Waals surface area contributed by atoms with Crippen molar-refractivity contribution in [1.29, 1.82) is 5.26 Å². The number of hydrogen-bond acceptors (Lipinski definition) is 3. The molecule has 0 aliphatic heterocycles. The van der Waals surface area contributed by atoms with E-state index in [2.05, 4.69) is 16.0 Å². The number of amides is 1. The summed E-state index contributed by atoms with van der Waals surface area (Å²) < 4.78 is 0. The van der Waals surface area contributed by atoms with Crippen molar-refractivity contribution in [3.63, 3.8) is 0 Å². The van der Waals surface area contributed by atoms with Gasteiger partial charge < -0.3 is 16.0 Å². The number of nitriles is 1. The average molecular weight is 324 g/mol. The summed E-state index contributed by atoms with van der Waals surface area (Å²) in [5.74, 6) is -0.329. The van der Waals surface area contributed by atoms with Crippen molar-refractivity contribution in [3.05, 3.63) is 54.1 Å². The van der Waals surface area contributed by atoms with Gasteiger partial charge in [0.15, 0.2) is 5.11 Å². The van der Waals surface area contributed by atoms with E-state index in [0.29, 0.717) is 10.8 Å². The van der Waals surface area contributed by atoms with Crippen LogP contribution in [0.5, 0.6) is 0 Å². The monoisotopic (exact) mass is 324 g/mol. The molecule has 6 heteroatoms. The molecular formula is C17H16N4OS. The Morgan fingerprint density at radius 1 is 0.957 bits per heavy atom. The first-order valence-corrected chi connectivity index (χ1v) is 7.39. The highest BCUT2D eigenvalue weighted by molar-refractivity contribution is 7.80. The van der Waals surface area contributed by atoms with Crippen molar-refractivity contribution in [2.75, 3.05) is 16.0 Å². The Labute approximate surface area is 140 Å². The Hall–Kier alpha value is -2.91. The van der Waals surface area contributed by atoms with E-state index in [4.69, 9.17) is 17.5 Å². The molecule has 0 aromatic heterocycles. The highest BCUT2D eigenvalue weighted by Crippen LogP contribution is 2.15. The summed E-state index contributed by atoms with van der Waals surface area (Å²) in [5.41, 5.74) is 3.53. The Bertz CT molecular complexity index is 733. The van der Waals surface area contributed by atoms with Crippen LogP contribution in [0.3, 0.4) is 0 Å². The SMILES string of the molecule is Cc1ccc(NC(=S)Nc2ccc(NC(=O)CC#N)cc2)cc1. The van der Waals surface area contributed by atoms with Crippen molar-refractivity contribution < 1.29 is 4.79 Å². The maximum Gasteiger partial charge on any atom is 0.238 e. The zero-order valence-electron chi connectivity index (χ0n) is 12.6. The van der Waals surface area contributed by atoms with Gasteiger partial charge in [0.05, 0.1) is 6.07 Å². The summed E-state index contributed by atoms with van der Waals surface area (Å²) in [5, 5.41) is 17.7. The molecule has 23 heavy (non-hydrogen) atoms. The van der Waals surface area contributed by atoms with Crippen LogP contribution in [0.4, 0.5) is 17.1 Å². The minimum Gasteiger partial charge on any atom is -0.332 e. The fourth-order valence-electron chi connectivity index (χ4n) is 1.84. The van der Waals surface area contributed by atoms with E-state index in [1.54, 1.807) is 30.3 Å². The molecule has 0 saturated carbocycles. The van der Waals surface area contributed by atoms with E-state index in [0.717, 1.165) is 11.4 Å². The van der Waals surface area contributed by atoms with Crippen LogP contribution < -0.4 is 16.0 Å². The molecule has 0 atom stereocenters. The summed E-state index contributed by atoms with van der Waals surface area (Å²) in [7, 11) is 0. The summed E-state index contributed by atoms with van der Waals surface area (Å²) in [6.45, 7) is 2.03. The summed E-state index contributed by atoms with van der Waals surface area (Å²) >= 11 is 5.26. The van der Waals surface area contributed by atoms with Crippen LogP contribution in [0, 0.1) is 18.3 Å². The minimum absolute atomic E-state index is 0.162. The number of carbonyl (C=O) groups is 1. The van der Waals surface area contributed by atoms with Crippen molar-refractivity contribution in [3.8, 4) is 6.07 Å². The maximum atomic E-state index is 11.3. The van der Waals surface area contributed by atoms with E-state index in [9.17, 15) is 4.79 Å². The molecule has 0 radical (unpaired) electrons. The first kappa shape index (κ1) is 16.5. The zero-order chi connectivity index (χ0) is 16.7. The largest absolute Gasteiger partial charge is 0.332 e. The molecule has 0 aliphatic carbocycles. The fourth-order valence-corrected chi connectivity index (χ4v) is 2.08. The van der Waals surface area contributed by atoms with Crippen LogP contribution in [0.15, 0.2) is 48.5 Å². The van der Waals surface area contributed by atoms with Gasteiger partial charge in [-0.2, -0.15) is 5.26 Å². The first-order chi connectivity index (χ1) is 11.1. The number of aryl methyl sites for hydroxylation is 1.